The fourth-order valence-electron chi connectivity index (χ4n) is 10.4. The van der Waals surface area contributed by atoms with Gasteiger partial charge in [0.05, 0.1) is 11.0 Å². The predicted molar refractivity (Wildman–Crippen MR) is 174 cm³/mol. The lowest BCUT2D eigenvalue weighted by atomic mass is 9.50. The summed E-state index contributed by atoms with van der Waals surface area (Å²) in [4.78, 5) is 0. The van der Waals surface area contributed by atoms with Crippen LogP contribution in [0.4, 0.5) is 0 Å². The molecule has 0 amide bonds. The first-order valence-electron chi connectivity index (χ1n) is 15.7. The van der Waals surface area contributed by atoms with Crippen molar-refractivity contribution in [3.05, 3.63) is 125 Å². The van der Waals surface area contributed by atoms with E-state index in [1.165, 1.54) is 81.9 Å². The number of benzene rings is 5. The van der Waals surface area contributed by atoms with Crippen LogP contribution >= 0.6 is 11.6 Å². The predicted octanol–water partition coefficient (Wildman–Crippen LogP) is 10.8. The molecule has 0 aliphatic heterocycles. The first-order chi connectivity index (χ1) is 20.7. The van der Waals surface area contributed by atoms with Gasteiger partial charge in [0.2, 0.25) is 0 Å². The molecule has 1 aromatic heterocycles. The molecule has 6 aromatic rings. The van der Waals surface area contributed by atoms with Gasteiger partial charge in [-0.25, -0.2) is 0 Å². The molecule has 3 fully saturated rings. The molecule has 4 aliphatic carbocycles. The highest BCUT2D eigenvalue weighted by molar-refractivity contribution is 6.32. The Morgan fingerprint density at radius 1 is 0.619 bits per heavy atom. The molecule has 3 saturated carbocycles. The van der Waals surface area contributed by atoms with E-state index < -0.39 is 0 Å². The van der Waals surface area contributed by atoms with Gasteiger partial charge < -0.3 is 4.57 Å². The molecule has 1 nitrogen and oxygen atoms in total. The Hall–Kier alpha value is -3.81. The lowest BCUT2D eigenvalue weighted by Gasteiger charge is -2.52. The van der Waals surface area contributed by atoms with Crippen molar-refractivity contribution in [3.8, 4) is 27.9 Å². The third kappa shape index (κ3) is 2.95. The van der Waals surface area contributed by atoms with Gasteiger partial charge in [-0.15, -0.1) is 0 Å². The van der Waals surface area contributed by atoms with E-state index in [1.807, 2.05) is 6.07 Å². The summed E-state index contributed by atoms with van der Waals surface area (Å²) in [6.45, 7) is 0. The standard InChI is InChI=1S/C40H32ClN/c41-29-14-18-39-34(23-29)33-6-2-4-8-38(33)42(39)30-15-10-25(11-16-30)26-12-17-32-31-5-1-3-7-35(31)40(37(32)22-26)28-13-9-27-19-24(20-28)21-36(27)40/h1-8,10-12,14-18,22-24,27-28,36H,9,13,19-21H2. The first kappa shape index (κ1) is 23.7. The van der Waals surface area contributed by atoms with E-state index in [0.29, 0.717) is 0 Å². The number of para-hydroxylation sites is 1. The number of nitrogens with zero attached hydrogens (tertiary/aromatic N) is 1. The zero-order valence-corrected chi connectivity index (χ0v) is 24.3. The lowest BCUT2D eigenvalue weighted by molar-refractivity contribution is 0.0768. The quantitative estimate of drug-likeness (QED) is 0.198. The number of hydrogen-bond acceptors (Lipinski definition) is 0. The highest BCUT2D eigenvalue weighted by atomic mass is 35.5. The average molecular weight is 562 g/mol. The van der Waals surface area contributed by atoms with Crippen LogP contribution in [0.1, 0.15) is 43.2 Å². The Morgan fingerprint density at radius 2 is 1.40 bits per heavy atom. The van der Waals surface area contributed by atoms with Gasteiger partial charge in [0.1, 0.15) is 0 Å². The van der Waals surface area contributed by atoms with Crippen LogP contribution in [0.3, 0.4) is 0 Å². The van der Waals surface area contributed by atoms with E-state index in [-0.39, 0.29) is 5.41 Å². The summed E-state index contributed by atoms with van der Waals surface area (Å²) in [6, 6.07) is 40.9. The minimum absolute atomic E-state index is 0.210. The van der Waals surface area contributed by atoms with Crippen molar-refractivity contribution in [1.29, 1.82) is 0 Å². The summed E-state index contributed by atoms with van der Waals surface area (Å²) in [5, 5.41) is 3.21. The molecule has 5 atom stereocenters. The van der Waals surface area contributed by atoms with E-state index in [1.54, 1.807) is 11.1 Å². The summed E-state index contributed by atoms with van der Waals surface area (Å²) in [7, 11) is 0. The lowest BCUT2D eigenvalue weighted by Crippen LogP contribution is -2.48. The van der Waals surface area contributed by atoms with Crippen LogP contribution in [0.5, 0.6) is 0 Å². The van der Waals surface area contributed by atoms with Gasteiger partial charge in [-0.1, -0.05) is 78.3 Å². The van der Waals surface area contributed by atoms with Crippen molar-refractivity contribution in [3.63, 3.8) is 0 Å². The fourth-order valence-corrected chi connectivity index (χ4v) is 10.5. The third-order valence-electron chi connectivity index (χ3n) is 11.7. The number of fused-ring (bicyclic) bond motifs is 7. The van der Waals surface area contributed by atoms with Gasteiger partial charge in [-0.2, -0.15) is 0 Å². The van der Waals surface area contributed by atoms with Crippen LogP contribution in [-0.4, -0.2) is 4.57 Å². The van der Waals surface area contributed by atoms with Crippen LogP contribution in [0.2, 0.25) is 5.02 Å². The Kier molecular flexibility index (Phi) is 4.74. The van der Waals surface area contributed by atoms with Gasteiger partial charge in [0.25, 0.3) is 0 Å². The van der Waals surface area contributed by atoms with E-state index in [0.717, 1.165) is 28.7 Å². The highest BCUT2D eigenvalue weighted by Gasteiger charge is 2.63. The maximum absolute atomic E-state index is 6.42. The van der Waals surface area contributed by atoms with Gasteiger partial charge in [-0.3, -0.25) is 0 Å². The van der Waals surface area contributed by atoms with E-state index in [2.05, 4.69) is 108 Å². The summed E-state index contributed by atoms with van der Waals surface area (Å²) in [5.41, 5.74) is 12.7. The Labute approximate surface area is 251 Å². The average Bonchev–Trinajstić information content (AvgIpc) is 3.58. The summed E-state index contributed by atoms with van der Waals surface area (Å²) in [6.07, 6.45) is 7.16. The van der Waals surface area contributed by atoms with Crippen LogP contribution in [0.25, 0.3) is 49.7 Å². The molecule has 5 unspecified atom stereocenters. The number of rotatable bonds is 2. The smallest absolute Gasteiger partial charge is 0.0542 e. The second kappa shape index (κ2) is 8.39. The summed E-state index contributed by atoms with van der Waals surface area (Å²) < 4.78 is 2.37. The largest absolute Gasteiger partial charge is 0.309 e. The van der Waals surface area contributed by atoms with Crippen LogP contribution < -0.4 is 0 Å². The number of aromatic nitrogens is 1. The minimum Gasteiger partial charge on any atom is -0.309 e. The molecule has 42 heavy (non-hydrogen) atoms. The molecule has 10 rings (SSSR count). The Morgan fingerprint density at radius 3 is 2.33 bits per heavy atom. The Balaban J connectivity index is 1.12. The second-order valence-corrected chi connectivity index (χ2v) is 13.9. The van der Waals surface area contributed by atoms with Crippen molar-refractivity contribution in [1.82, 2.24) is 4.57 Å². The molecule has 0 radical (unpaired) electrons. The maximum atomic E-state index is 6.42. The third-order valence-corrected chi connectivity index (χ3v) is 12.0. The van der Waals surface area contributed by atoms with Crippen LogP contribution in [0.15, 0.2) is 109 Å². The Bertz CT molecular complexity index is 2070. The molecule has 204 valence electrons. The molecular formula is C40H32ClN. The molecule has 0 N–H and O–H groups in total. The van der Waals surface area contributed by atoms with E-state index >= 15 is 0 Å². The van der Waals surface area contributed by atoms with Crippen molar-refractivity contribution in [2.75, 3.05) is 0 Å². The number of halogens is 1. The van der Waals surface area contributed by atoms with Gasteiger partial charge >= 0.3 is 0 Å². The van der Waals surface area contributed by atoms with Crippen LogP contribution in [0, 0.1) is 23.7 Å². The van der Waals surface area contributed by atoms with Gasteiger partial charge in [0.15, 0.2) is 0 Å². The molecule has 3 bridgehead atoms. The van der Waals surface area contributed by atoms with Crippen molar-refractivity contribution in [2.24, 2.45) is 23.7 Å². The zero-order chi connectivity index (χ0) is 27.6. The summed E-state index contributed by atoms with van der Waals surface area (Å²) >= 11 is 6.42. The normalized spacial score (nSPS) is 26.8. The molecule has 4 aliphatic rings. The fraction of sp³-hybridized carbons (Fsp3) is 0.250. The van der Waals surface area contributed by atoms with Gasteiger partial charge in [-0.05, 0) is 132 Å². The SMILES string of the molecule is Clc1ccc2c(c1)c1ccccc1n2-c1ccc(-c2ccc3c(c2)C2(c4ccccc4-3)C3CCC4CC(C3)CC42)cc1. The van der Waals surface area contributed by atoms with E-state index in [4.69, 9.17) is 11.6 Å². The van der Waals surface area contributed by atoms with Crippen molar-refractivity contribution >= 4 is 33.4 Å². The topological polar surface area (TPSA) is 4.93 Å². The summed E-state index contributed by atoms with van der Waals surface area (Å²) in [5.74, 6) is 3.45. The molecule has 1 heterocycles. The first-order valence-corrected chi connectivity index (χ1v) is 16.1. The molecule has 1 spiro atoms. The maximum Gasteiger partial charge on any atom is 0.0542 e. The molecular weight excluding hydrogens is 530 g/mol. The van der Waals surface area contributed by atoms with Crippen molar-refractivity contribution < 1.29 is 0 Å². The minimum atomic E-state index is 0.210. The second-order valence-electron chi connectivity index (χ2n) is 13.4. The molecule has 0 saturated heterocycles. The van der Waals surface area contributed by atoms with E-state index in [9.17, 15) is 0 Å². The highest BCUT2D eigenvalue weighted by Crippen LogP contribution is 2.70. The monoisotopic (exact) mass is 561 g/mol. The number of hydrogen-bond donors (Lipinski definition) is 0. The van der Waals surface area contributed by atoms with Crippen LogP contribution in [-0.2, 0) is 5.41 Å². The zero-order valence-electron chi connectivity index (χ0n) is 23.6. The molecule has 2 heteroatoms. The van der Waals surface area contributed by atoms with Gasteiger partial charge in [0, 0.05) is 26.9 Å². The molecule has 5 aromatic carbocycles. The van der Waals surface area contributed by atoms with Crippen molar-refractivity contribution in [2.45, 2.75) is 37.5 Å².